The quantitative estimate of drug-likeness (QED) is 0.895. The molecule has 1 aromatic carbocycles. The number of rotatable bonds is 4. The molecule has 6 nitrogen and oxygen atoms in total. The van der Waals surface area contributed by atoms with Gasteiger partial charge < -0.3 is 14.9 Å². The highest BCUT2D eigenvalue weighted by molar-refractivity contribution is 5.79. The Balaban J connectivity index is 1.53. The van der Waals surface area contributed by atoms with Gasteiger partial charge in [-0.25, -0.2) is 0 Å². The first-order valence-electron chi connectivity index (χ1n) is 9.48. The number of hydrogen-bond donors (Lipinski definition) is 1. The second-order valence-electron chi connectivity index (χ2n) is 7.44. The molecule has 0 bridgehead atoms. The molecule has 3 rings (SSSR count). The Hall–Kier alpha value is -2.26. The van der Waals surface area contributed by atoms with Crippen LogP contribution < -0.4 is 4.90 Å². The third kappa shape index (κ3) is 3.94. The van der Waals surface area contributed by atoms with Gasteiger partial charge in [-0.15, -0.1) is 0 Å². The number of aromatic hydroxyl groups is 1. The maximum absolute atomic E-state index is 12.8. The van der Waals surface area contributed by atoms with Crippen LogP contribution in [0.4, 0.5) is 5.69 Å². The summed E-state index contributed by atoms with van der Waals surface area (Å²) in [4.78, 5) is 18.9. The molecule has 1 heterocycles. The minimum atomic E-state index is -0.608. The average molecular weight is 356 g/mol. The fourth-order valence-electron chi connectivity index (χ4n) is 4.02. The molecule has 1 amide bonds. The van der Waals surface area contributed by atoms with E-state index < -0.39 is 5.54 Å². The van der Waals surface area contributed by atoms with Gasteiger partial charge in [0.2, 0.25) is 5.91 Å². The van der Waals surface area contributed by atoms with Gasteiger partial charge >= 0.3 is 0 Å². The number of nitriles is 1. The first-order valence-corrected chi connectivity index (χ1v) is 9.48. The monoisotopic (exact) mass is 356 g/mol. The maximum Gasteiger partial charge on any atom is 0.237 e. The van der Waals surface area contributed by atoms with E-state index in [0.29, 0.717) is 6.54 Å². The number of hydrogen-bond acceptors (Lipinski definition) is 5. The van der Waals surface area contributed by atoms with Crippen LogP contribution in [0.25, 0.3) is 0 Å². The maximum atomic E-state index is 12.8. The Morgan fingerprint density at radius 3 is 2.35 bits per heavy atom. The zero-order chi connectivity index (χ0) is 18.6. The molecule has 0 radical (unpaired) electrons. The van der Waals surface area contributed by atoms with Crippen LogP contribution in [-0.4, -0.2) is 66.1 Å². The van der Waals surface area contributed by atoms with Gasteiger partial charge in [0.25, 0.3) is 0 Å². The molecule has 1 aromatic rings. The van der Waals surface area contributed by atoms with Gasteiger partial charge in [-0.3, -0.25) is 9.69 Å². The van der Waals surface area contributed by atoms with E-state index in [1.807, 2.05) is 12.1 Å². The molecule has 0 spiro atoms. The van der Waals surface area contributed by atoms with Crippen LogP contribution in [0.3, 0.4) is 0 Å². The number of benzene rings is 1. The number of amides is 1. The predicted molar refractivity (Wildman–Crippen MR) is 101 cm³/mol. The molecule has 1 aliphatic carbocycles. The fraction of sp³-hybridized carbons (Fsp3) is 0.600. The number of carbonyl (C=O) groups excluding carboxylic acids is 1. The topological polar surface area (TPSA) is 70.8 Å². The molecule has 0 aromatic heterocycles. The van der Waals surface area contributed by atoms with Gasteiger partial charge in [0, 0.05) is 38.9 Å². The summed E-state index contributed by atoms with van der Waals surface area (Å²) in [5, 5.41) is 19.1. The SMILES string of the molecule is CN(C(=O)CN1CCN(c2ccc(O)cc2)CC1)C1(C#N)CCCCC1. The summed E-state index contributed by atoms with van der Waals surface area (Å²) in [6.45, 7) is 3.72. The Labute approximate surface area is 155 Å². The van der Waals surface area contributed by atoms with Crippen molar-refractivity contribution in [3.63, 3.8) is 0 Å². The van der Waals surface area contributed by atoms with Gasteiger partial charge in [0.15, 0.2) is 0 Å². The van der Waals surface area contributed by atoms with Crippen LogP contribution in [0.15, 0.2) is 24.3 Å². The molecule has 0 atom stereocenters. The first-order chi connectivity index (χ1) is 12.5. The van der Waals surface area contributed by atoms with E-state index in [9.17, 15) is 15.2 Å². The number of likely N-dealkylation sites (N-methyl/N-ethyl adjacent to an activating group) is 1. The van der Waals surface area contributed by atoms with Crippen LogP contribution in [0, 0.1) is 11.3 Å². The number of phenolic OH excluding ortho intramolecular Hbond substituents is 1. The highest BCUT2D eigenvalue weighted by atomic mass is 16.3. The molecule has 1 saturated heterocycles. The van der Waals surface area contributed by atoms with E-state index >= 15 is 0 Å². The largest absolute Gasteiger partial charge is 0.508 e. The summed E-state index contributed by atoms with van der Waals surface area (Å²) >= 11 is 0. The third-order valence-electron chi connectivity index (χ3n) is 5.85. The highest BCUT2D eigenvalue weighted by Gasteiger charge is 2.39. The smallest absolute Gasteiger partial charge is 0.237 e. The summed E-state index contributed by atoms with van der Waals surface area (Å²) in [6.07, 6.45) is 4.79. The van der Waals surface area contributed by atoms with E-state index in [-0.39, 0.29) is 11.7 Å². The van der Waals surface area contributed by atoms with E-state index in [2.05, 4.69) is 15.9 Å². The molecule has 1 aliphatic heterocycles. The summed E-state index contributed by atoms with van der Waals surface area (Å²) in [6, 6.07) is 9.67. The summed E-state index contributed by atoms with van der Waals surface area (Å²) in [7, 11) is 1.80. The van der Waals surface area contributed by atoms with E-state index in [0.717, 1.165) is 64.0 Å². The number of piperazine rings is 1. The molecule has 6 heteroatoms. The summed E-state index contributed by atoms with van der Waals surface area (Å²) in [5.41, 5.74) is 0.486. The molecule has 0 unspecified atom stereocenters. The molecule has 26 heavy (non-hydrogen) atoms. The summed E-state index contributed by atoms with van der Waals surface area (Å²) < 4.78 is 0. The average Bonchev–Trinajstić information content (AvgIpc) is 2.69. The van der Waals surface area contributed by atoms with Gasteiger partial charge in [-0.2, -0.15) is 5.26 Å². The highest BCUT2D eigenvalue weighted by Crippen LogP contribution is 2.32. The van der Waals surface area contributed by atoms with Crippen molar-refractivity contribution in [2.75, 3.05) is 44.7 Å². The third-order valence-corrected chi connectivity index (χ3v) is 5.85. The van der Waals surface area contributed by atoms with E-state index in [1.54, 1.807) is 24.1 Å². The van der Waals surface area contributed by atoms with Crippen molar-refractivity contribution in [2.45, 2.75) is 37.6 Å². The van der Waals surface area contributed by atoms with E-state index in [4.69, 9.17) is 0 Å². The van der Waals surface area contributed by atoms with Crippen molar-refractivity contribution in [3.05, 3.63) is 24.3 Å². The lowest BCUT2D eigenvalue weighted by atomic mass is 9.81. The second-order valence-corrected chi connectivity index (χ2v) is 7.44. The van der Waals surface area contributed by atoms with Crippen LogP contribution in [0.2, 0.25) is 0 Å². The fourth-order valence-corrected chi connectivity index (χ4v) is 4.02. The predicted octanol–water partition coefficient (Wildman–Crippen LogP) is 2.20. The van der Waals surface area contributed by atoms with Crippen LogP contribution >= 0.6 is 0 Å². The van der Waals surface area contributed by atoms with Crippen LogP contribution in [0.5, 0.6) is 5.75 Å². The van der Waals surface area contributed by atoms with Crippen molar-refractivity contribution >= 4 is 11.6 Å². The molecule has 2 aliphatic rings. The normalized spacial score (nSPS) is 20.4. The lowest BCUT2D eigenvalue weighted by Crippen LogP contribution is -2.55. The van der Waals surface area contributed by atoms with Crippen molar-refractivity contribution in [3.8, 4) is 11.8 Å². The number of phenols is 1. The second kappa shape index (κ2) is 7.96. The molecule has 1 saturated carbocycles. The molecule has 2 fully saturated rings. The zero-order valence-corrected chi connectivity index (χ0v) is 15.5. The van der Waals surface area contributed by atoms with Gasteiger partial charge in [-0.05, 0) is 37.1 Å². The Kier molecular flexibility index (Phi) is 5.67. The first kappa shape index (κ1) is 18.5. The van der Waals surface area contributed by atoms with Crippen LogP contribution in [0.1, 0.15) is 32.1 Å². The molecular weight excluding hydrogens is 328 g/mol. The van der Waals surface area contributed by atoms with Crippen LogP contribution in [-0.2, 0) is 4.79 Å². The number of anilines is 1. The minimum absolute atomic E-state index is 0.0477. The Morgan fingerprint density at radius 1 is 1.15 bits per heavy atom. The standard InChI is InChI=1S/C20H28N4O2/c1-22(20(16-21)9-3-2-4-10-20)19(26)15-23-11-13-24(14-12-23)17-5-7-18(25)8-6-17/h5-8,25H,2-4,9-15H2,1H3. The van der Waals surface area contributed by atoms with E-state index in [1.165, 1.54) is 0 Å². The Morgan fingerprint density at radius 2 is 1.77 bits per heavy atom. The van der Waals surface area contributed by atoms with Gasteiger partial charge in [-0.1, -0.05) is 19.3 Å². The lowest BCUT2D eigenvalue weighted by molar-refractivity contribution is -0.136. The Bertz CT molecular complexity index is 653. The minimum Gasteiger partial charge on any atom is -0.508 e. The van der Waals surface area contributed by atoms with Gasteiger partial charge in [0.05, 0.1) is 12.6 Å². The zero-order valence-electron chi connectivity index (χ0n) is 15.5. The number of nitrogens with zero attached hydrogens (tertiary/aromatic N) is 4. The van der Waals surface area contributed by atoms with Gasteiger partial charge in [0.1, 0.15) is 11.3 Å². The van der Waals surface area contributed by atoms with Crippen molar-refractivity contribution in [2.24, 2.45) is 0 Å². The van der Waals surface area contributed by atoms with Crippen molar-refractivity contribution in [1.29, 1.82) is 5.26 Å². The number of carbonyl (C=O) groups is 1. The van der Waals surface area contributed by atoms with Crippen molar-refractivity contribution in [1.82, 2.24) is 9.80 Å². The molecular formula is C20H28N4O2. The summed E-state index contributed by atoms with van der Waals surface area (Å²) in [5.74, 6) is 0.321. The van der Waals surface area contributed by atoms with Crippen molar-refractivity contribution < 1.29 is 9.90 Å². The molecule has 140 valence electrons. The lowest BCUT2D eigenvalue weighted by Gasteiger charge is -2.41. The molecule has 1 N–H and O–H groups in total.